The number of hydrogen-bond donors (Lipinski definition) is 3. The summed E-state index contributed by atoms with van der Waals surface area (Å²) in [7, 11) is 0. The van der Waals surface area contributed by atoms with Crippen molar-refractivity contribution in [3.63, 3.8) is 0 Å². The van der Waals surface area contributed by atoms with Crippen LogP contribution >= 0.6 is 12.6 Å². The lowest BCUT2D eigenvalue weighted by Crippen LogP contribution is -2.47. The molecule has 1 fully saturated rings. The molecule has 0 aromatic heterocycles. The molecule has 0 bridgehead atoms. The minimum absolute atomic E-state index is 0.0102. The Hall–Kier alpha value is -1.57. The summed E-state index contributed by atoms with van der Waals surface area (Å²) in [6.45, 7) is 5.24. The van der Waals surface area contributed by atoms with Crippen molar-refractivity contribution in [1.82, 2.24) is 15.5 Å². The van der Waals surface area contributed by atoms with Crippen molar-refractivity contribution in [2.45, 2.75) is 50.9 Å². The molecule has 1 rings (SSSR count). The number of rotatable bonds is 6. The predicted octanol–water partition coefficient (Wildman–Crippen LogP) is -0.537. The van der Waals surface area contributed by atoms with Crippen LogP contribution < -0.4 is 10.6 Å². The summed E-state index contributed by atoms with van der Waals surface area (Å²) in [4.78, 5) is 47.5. The second-order valence-electron chi connectivity index (χ2n) is 5.31. The second-order valence-corrected chi connectivity index (χ2v) is 5.93. The van der Waals surface area contributed by atoms with Gasteiger partial charge >= 0.3 is 0 Å². The Morgan fingerprint density at radius 3 is 2.38 bits per heavy atom. The molecule has 1 saturated heterocycles. The summed E-state index contributed by atoms with van der Waals surface area (Å²) in [5.41, 5.74) is 0. The topological polar surface area (TPSA) is 95.6 Å². The van der Waals surface area contributed by atoms with Gasteiger partial charge in [0.15, 0.2) is 0 Å². The number of amides is 4. The van der Waals surface area contributed by atoms with Crippen LogP contribution in [-0.4, -0.2) is 52.4 Å². The van der Waals surface area contributed by atoms with Gasteiger partial charge in [0.1, 0.15) is 6.04 Å². The lowest BCUT2D eigenvalue weighted by molar-refractivity contribution is -0.139. The van der Waals surface area contributed by atoms with Crippen molar-refractivity contribution < 1.29 is 19.2 Å². The smallest absolute Gasteiger partial charge is 0.242 e. The van der Waals surface area contributed by atoms with E-state index in [9.17, 15) is 19.2 Å². The fourth-order valence-corrected chi connectivity index (χ4v) is 2.20. The summed E-state index contributed by atoms with van der Waals surface area (Å²) in [5, 5.41) is 4.60. The second kappa shape index (κ2) is 7.44. The van der Waals surface area contributed by atoms with Gasteiger partial charge in [-0.15, -0.1) is 0 Å². The maximum absolute atomic E-state index is 11.7. The first kappa shape index (κ1) is 17.5. The molecular formula is C13H21N3O4S. The third-order valence-electron chi connectivity index (χ3n) is 2.98. The van der Waals surface area contributed by atoms with Gasteiger partial charge in [0.05, 0.1) is 5.25 Å². The molecule has 7 nitrogen and oxygen atoms in total. The monoisotopic (exact) mass is 315 g/mol. The average molecular weight is 315 g/mol. The number of nitrogens with zero attached hydrogens (tertiary/aromatic N) is 1. The van der Waals surface area contributed by atoms with Gasteiger partial charge in [0.25, 0.3) is 0 Å². The lowest BCUT2D eigenvalue weighted by atomic mass is 10.2. The first-order chi connectivity index (χ1) is 9.72. The number of carbonyl (C=O) groups is 4. The summed E-state index contributed by atoms with van der Waals surface area (Å²) in [5.74, 6) is -1.35. The van der Waals surface area contributed by atoms with Crippen LogP contribution in [0.25, 0.3) is 0 Å². The minimum atomic E-state index is -0.664. The number of nitrogens with one attached hydrogen (secondary N) is 2. The standard InChI is InChI=1S/C13H21N3O4S/c1-7(2)14-12(19)8(3)15-10(17)4-5-16-11(18)6-9(21)13(16)20/h7-9,21H,4-6H2,1-3H3,(H,14,19)(H,15,17). The quantitative estimate of drug-likeness (QED) is 0.453. The molecule has 2 atom stereocenters. The van der Waals surface area contributed by atoms with Crippen molar-refractivity contribution in [2.75, 3.05) is 6.54 Å². The number of imide groups is 1. The molecule has 1 aliphatic rings. The Kier molecular flexibility index (Phi) is 6.19. The van der Waals surface area contributed by atoms with Crippen LogP contribution in [0.5, 0.6) is 0 Å². The maximum atomic E-state index is 11.7. The van der Waals surface area contributed by atoms with Crippen LogP contribution in [0.3, 0.4) is 0 Å². The van der Waals surface area contributed by atoms with Gasteiger partial charge in [-0.05, 0) is 20.8 Å². The molecule has 2 N–H and O–H groups in total. The van der Waals surface area contributed by atoms with Crippen molar-refractivity contribution in [1.29, 1.82) is 0 Å². The zero-order chi connectivity index (χ0) is 16.2. The average Bonchev–Trinajstić information content (AvgIpc) is 2.60. The highest BCUT2D eigenvalue weighted by Crippen LogP contribution is 2.17. The highest BCUT2D eigenvalue weighted by Gasteiger charge is 2.36. The molecule has 8 heteroatoms. The Morgan fingerprint density at radius 2 is 1.90 bits per heavy atom. The fraction of sp³-hybridized carbons (Fsp3) is 0.692. The van der Waals surface area contributed by atoms with Crippen molar-refractivity contribution >= 4 is 36.3 Å². The summed E-state index contributed by atoms with van der Waals surface area (Å²) in [6.07, 6.45) is 0.0358. The number of carbonyl (C=O) groups excluding carboxylic acids is 4. The van der Waals surface area contributed by atoms with Gasteiger partial charge in [-0.2, -0.15) is 12.6 Å². The third-order valence-corrected chi connectivity index (χ3v) is 3.39. The van der Waals surface area contributed by atoms with Gasteiger partial charge in [-0.3, -0.25) is 24.1 Å². The molecule has 0 aromatic rings. The van der Waals surface area contributed by atoms with Gasteiger partial charge in [-0.25, -0.2) is 0 Å². The molecule has 4 amide bonds. The summed E-state index contributed by atoms with van der Waals surface area (Å²) in [6, 6.07) is -0.675. The fourth-order valence-electron chi connectivity index (χ4n) is 1.90. The highest BCUT2D eigenvalue weighted by atomic mass is 32.1. The molecule has 21 heavy (non-hydrogen) atoms. The summed E-state index contributed by atoms with van der Waals surface area (Å²) >= 11 is 4.00. The van der Waals surface area contributed by atoms with E-state index >= 15 is 0 Å². The third kappa shape index (κ3) is 5.04. The zero-order valence-electron chi connectivity index (χ0n) is 12.4. The van der Waals surface area contributed by atoms with E-state index in [1.165, 1.54) is 0 Å². The first-order valence-corrected chi connectivity index (χ1v) is 7.36. The van der Waals surface area contributed by atoms with E-state index in [4.69, 9.17) is 0 Å². The molecule has 1 aliphatic heterocycles. The van der Waals surface area contributed by atoms with Gasteiger partial charge in [-0.1, -0.05) is 0 Å². The molecular weight excluding hydrogens is 294 g/mol. The van der Waals surface area contributed by atoms with Crippen LogP contribution in [0.1, 0.15) is 33.6 Å². The Labute approximate surface area is 129 Å². The largest absolute Gasteiger partial charge is 0.352 e. The first-order valence-electron chi connectivity index (χ1n) is 6.84. The van der Waals surface area contributed by atoms with E-state index in [1.54, 1.807) is 6.92 Å². The van der Waals surface area contributed by atoms with Crippen molar-refractivity contribution in [2.24, 2.45) is 0 Å². The molecule has 2 unspecified atom stereocenters. The number of likely N-dealkylation sites (tertiary alicyclic amines) is 1. The normalized spacial score (nSPS) is 19.9. The van der Waals surface area contributed by atoms with E-state index < -0.39 is 11.3 Å². The molecule has 0 aromatic carbocycles. The van der Waals surface area contributed by atoms with E-state index in [0.717, 1.165) is 4.90 Å². The molecule has 0 aliphatic carbocycles. The van der Waals surface area contributed by atoms with Crippen LogP contribution in [0, 0.1) is 0 Å². The lowest BCUT2D eigenvalue weighted by Gasteiger charge is -2.17. The van der Waals surface area contributed by atoms with E-state index in [0.29, 0.717) is 0 Å². The highest BCUT2D eigenvalue weighted by molar-refractivity contribution is 7.81. The Bertz CT molecular complexity index is 453. The number of thiol groups is 1. The molecule has 0 saturated carbocycles. The Morgan fingerprint density at radius 1 is 1.29 bits per heavy atom. The minimum Gasteiger partial charge on any atom is -0.352 e. The van der Waals surface area contributed by atoms with E-state index in [2.05, 4.69) is 23.3 Å². The van der Waals surface area contributed by atoms with Gasteiger partial charge < -0.3 is 10.6 Å². The van der Waals surface area contributed by atoms with Crippen LogP contribution in [0.15, 0.2) is 0 Å². The molecule has 118 valence electrons. The summed E-state index contributed by atoms with van der Waals surface area (Å²) < 4.78 is 0. The molecule has 0 spiro atoms. The van der Waals surface area contributed by atoms with Crippen LogP contribution in [0.4, 0.5) is 0 Å². The van der Waals surface area contributed by atoms with Crippen molar-refractivity contribution in [3.05, 3.63) is 0 Å². The van der Waals surface area contributed by atoms with Crippen LogP contribution in [-0.2, 0) is 19.2 Å². The van der Waals surface area contributed by atoms with E-state index in [-0.39, 0.29) is 49.1 Å². The molecule has 1 heterocycles. The van der Waals surface area contributed by atoms with Crippen molar-refractivity contribution in [3.8, 4) is 0 Å². The number of hydrogen-bond acceptors (Lipinski definition) is 5. The van der Waals surface area contributed by atoms with Crippen LogP contribution in [0.2, 0.25) is 0 Å². The maximum Gasteiger partial charge on any atom is 0.242 e. The molecule has 0 radical (unpaired) electrons. The predicted molar refractivity (Wildman–Crippen MR) is 79.6 cm³/mol. The Balaban J connectivity index is 2.39. The van der Waals surface area contributed by atoms with E-state index in [1.807, 2.05) is 13.8 Å². The van der Waals surface area contributed by atoms with Gasteiger partial charge in [0, 0.05) is 25.4 Å². The zero-order valence-corrected chi connectivity index (χ0v) is 13.3. The van der Waals surface area contributed by atoms with Gasteiger partial charge in [0.2, 0.25) is 23.6 Å². The SMILES string of the molecule is CC(C)NC(=O)C(C)NC(=O)CCN1C(=O)CC(S)C1=O.